The Morgan fingerprint density at radius 1 is 1.48 bits per heavy atom. The molecular weight excluding hydrogens is 336 g/mol. The van der Waals surface area contributed by atoms with Crippen LogP contribution in [0.15, 0.2) is 28.9 Å². The molecule has 0 aliphatic carbocycles. The molecule has 7 heteroatoms. The highest BCUT2D eigenvalue weighted by Crippen LogP contribution is 2.26. The number of aromatic amines is 1. The SMILES string of the molecule is CC(NC(=O)c1[nH]ncc1Br)c1ccc2c(c1)CC(=O)N2. The first-order valence-corrected chi connectivity index (χ1v) is 7.26. The number of hydrogen-bond donors (Lipinski definition) is 3. The number of fused-ring (bicyclic) bond motifs is 1. The van der Waals surface area contributed by atoms with Crippen molar-refractivity contribution >= 4 is 33.4 Å². The molecule has 0 fully saturated rings. The van der Waals surface area contributed by atoms with Crippen molar-refractivity contribution < 1.29 is 9.59 Å². The van der Waals surface area contributed by atoms with E-state index in [9.17, 15) is 9.59 Å². The molecule has 1 atom stereocenters. The van der Waals surface area contributed by atoms with Gasteiger partial charge in [0.2, 0.25) is 5.91 Å². The molecule has 0 radical (unpaired) electrons. The molecule has 21 heavy (non-hydrogen) atoms. The van der Waals surface area contributed by atoms with E-state index < -0.39 is 0 Å². The molecular formula is C14H13BrN4O2. The number of rotatable bonds is 3. The number of nitrogens with one attached hydrogen (secondary N) is 3. The molecule has 3 N–H and O–H groups in total. The van der Waals surface area contributed by atoms with E-state index in [0.29, 0.717) is 16.6 Å². The number of carbonyl (C=O) groups is 2. The molecule has 2 amide bonds. The lowest BCUT2D eigenvalue weighted by Gasteiger charge is -2.15. The van der Waals surface area contributed by atoms with Gasteiger partial charge in [-0.15, -0.1) is 0 Å². The third kappa shape index (κ3) is 2.69. The van der Waals surface area contributed by atoms with Crippen LogP contribution in [0.5, 0.6) is 0 Å². The number of amides is 2. The van der Waals surface area contributed by atoms with Gasteiger partial charge in [0.15, 0.2) is 0 Å². The molecule has 0 spiro atoms. The van der Waals surface area contributed by atoms with Crippen molar-refractivity contribution in [2.75, 3.05) is 5.32 Å². The minimum Gasteiger partial charge on any atom is -0.344 e. The smallest absolute Gasteiger partial charge is 0.270 e. The molecule has 6 nitrogen and oxygen atoms in total. The van der Waals surface area contributed by atoms with Gasteiger partial charge in [0.25, 0.3) is 5.91 Å². The highest BCUT2D eigenvalue weighted by Gasteiger charge is 2.20. The minimum absolute atomic E-state index is 0.000212. The Labute approximate surface area is 129 Å². The second-order valence-corrected chi connectivity index (χ2v) is 5.78. The summed E-state index contributed by atoms with van der Waals surface area (Å²) in [5, 5.41) is 12.1. The zero-order chi connectivity index (χ0) is 15.0. The number of hydrogen-bond acceptors (Lipinski definition) is 3. The van der Waals surface area contributed by atoms with E-state index in [1.54, 1.807) is 0 Å². The third-order valence-electron chi connectivity index (χ3n) is 3.42. The first-order valence-electron chi connectivity index (χ1n) is 6.47. The summed E-state index contributed by atoms with van der Waals surface area (Å²) in [6, 6.07) is 5.54. The topological polar surface area (TPSA) is 86.9 Å². The van der Waals surface area contributed by atoms with Crippen LogP contribution in [0.3, 0.4) is 0 Å². The molecule has 108 valence electrons. The summed E-state index contributed by atoms with van der Waals surface area (Å²) >= 11 is 3.26. The van der Waals surface area contributed by atoms with Crippen molar-refractivity contribution in [2.24, 2.45) is 0 Å². The monoisotopic (exact) mass is 348 g/mol. The van der Waals surface area contributed by atoms with Gasteiger partial charge in [0.1, 0.15) is 5.69 Å². The molecule has 1 aliphatic rings. The summed E-state index contributed by atoms with van der Waals surface area (Å²) in [6.45, 7) is 1.90. The van der Waals surface area contributed by atoms with Crippen molar-refractivity contribution in [3.63, 3.8) is 0 Å². The van der Waals surface area contributed by atoms with Crippen molar-refractivity contribution in [3.8, 4) is 0 Å². The van der Waals surface area contributed by atoms with Crippen molar-refractivity contribution in [1.82, 2.24) is 15.5 Å². The van der Waals surface area contributed by atoms with Crippen LogP contribution < -0.4 is 10.6 Å². The maximum atomic E-state index is 12.1. The van der Waals surface area contributed by atoms with Crippen LogP contribution in [-0.2, 0) is 11.2 Å². The lowest BCUT2D eigenvalue weighted by atomic mass is 10.0. The fraction of sp³-hybridized carbons (Fsp3) is 0.214. The van der Waals surface area contributed by atoms with Crippen LogP contribution >= 0.6 is 15.9 Å². The molecule has 0 bridgehead atoms. The summed E-state index contributed by atoms with van der Waals surface area (Å²) < 4.78 is 0.621. The largest absolute Gasteiger partial charge is 0.344 e. The van der Waals surface area contributed by atoms with Gasteiger partial charge in [-0.05, 0) is 40.0 Å². The number of anilines is 1. The van der Waals surface area contributed by atoms with Gasteiger partial charge < -0.3 is 10.6 Å². The quantitative estimate of drug-likeness (QED) is 0.794. The second-order valence-electron chi connectivity index (χ2n) is 4.93. The third-order valence-corrected chi connectivity index (χ3v) is 4.02. The normalized spacial score (nSPS) is 14.5. The standard InChI is InChI=1S/C14H13BrN4O2/c1-7(17-14(21)13-10(15)6-16-19-13)8-2-3-11-9(4-8)5-12(20)18-11/h2-4,6-7H,5H2,1H3,(H,16,19)(H,17,21)(H,18,20). The molecule has 0 saturated carbocycles. The molecule has 2 heterocycles. The lowest BCUT2D eigenvalue weighted by molar-refractivity contribution is -0.115. The molecule has 1 aromatic heterocycles. The molecule has 0 saturated heterocycles. The summed E-state index contributed by atoms with van der Waals surface area (Å²) in [6.07, 6.45) is 1.92. The predicted octanol–water partition coefficient (Wildman–Crippen LogP) is 2.16. The molecule has 2 aromatic rings. The predicted molar refractivity (Wildman–Crippen MR) is 80.9 cm³/mol. The first kappa shape index (κ1) is 13.8. The Balaban J connectivity index is 1.76. The average Bonchev–Trinajstić information content (AvgIpc) is 3.02. The van der Waals surface area contributed by atoms with Gasteiger partial charge in [0.05, 0.1) is 23.1 Å². The highest BCUT2D eigenvalue weighted by atomic mass is 79.9. The van der Waals surface area contributed by atoms with Gasteiger partial charge in [-0.2, -0.15) is 5.10 Å². The van der Waals surface area contributed by atoms with E-state index in [1.165, 1.54) is 6.20 Å². The van der Waals surface area contributed by atoms with Crippen LogP contribution in [0, 0.1) is 0 Å². The number of nitrogens with zero attached hydrogens (tertiary/aromatic N) is 1. The van der Waals surface area contributed by atoms with E-state index in [2.05, 4.69) is 36.8 Å². The van der Waals surface area contributed by atoms with Crippen LogP contribution in [0.1, 0.15) is 34.6 Å². The maximum absolute atomic E-state index is 12.1. The van der Waals surface area contributed by atoms with E-state index in [0.717, 1.165) is 16.8 Å². The zero-order valence-corrected chi connectivity index (χ0v) is 12.8. The average molecular weight is 349 g/mol. The summed E-state index contributed by atoms with van der Waals surface area (Å²) in [5.74, 6) is -0.234. The summed E-state index contributed by atoms with van der Waals surface area (Å²) in [5.41, 5.74) is 3.15. The maximum Gasteiger partial charge on any atom is 0.270 e. The van der Waals surface area contributed by atoms with Gasteiger partial charge in [-0.1, -0.05) is 12.1 Å². The van der Waals surface area contributed by atoms with Crippen LogP contribution in [-0.4, -0.2) is 22.0 Å². The molecule has 1 aliphatic heterocycles. The fourth-order valence-corrected chi connectivity index (χ4v) is 2.67. The Hall–Kier alpha value is -2.15. The molecule has 1 unspecified atom stereocenters. The van der Waals surface area contributed by atoms with Gasteiger partial charge in [0, 0.05) is 5.69 Å². The summed E-state index contributed by atoms with van der Waals surface area (Å²) in [4.78, 5) is 23.5. The highest BCUT2D eigenvalue weighted by molar-refractivity contribution is 9.10. The van der Waals surface area contributed by atoms with Crippen molar-refractivity contribution in [2.45, 2.75) is 19.4 Å². The Bertz CT molecular complexity index is 726. The van der Waals surface area contributed by atoms with Crippen molar-refractivity contribution in [3.05, 3.63) is 45.7 Å². The number of benzene rings is 1. The van der Waals surface area contributed by atoms with Crippen LogP contribution in [0.4, 0.5) is 5.69 Å². The lowest BCUT2D eigenvalue weighted by Crippen LogP contribution is -2.27. The Morgan fingerprint density at radius 2 is 2.29 bits per heavy atom. The molecule has 1 aromatic carbocycles. The second kappa shape index (κ2) is 5.33. The van der Waals surface area contributed by atoms with E-state index in [1.807, 2.05) is 25.1 Å². The molecule has 3 rings (SSSR count). The van der Waals surface area contributed by atoms with Crippen LogP contribution in [0.25, 0.3) is 0 Å². The number of H-pyrrole nitrogens is 1. The van der Waals surface area contributed by atoms with Gasteiger partial charge >= 0.3 is 0 Å². The zero-order valence-electron chi connectivity index (χ0n) is 11.2. The van der Waals surface area contributed by atoms with E-state index in [-0.39, 0.29) is 17.9 Å². The first-order chi connectivity index (χ1) is 10.0. The number of halogens is 1. The van der Waals surface area contributed by atoms with Gasteiger partial charge in [-0.3, -0.25) is 14.7 Å². The fourth-order valence-electron chi connectivity index (χ4n) is 2.30. The number of aromatic nitrogens is 2. The van der Waals surface area contributed by atoms with Crippen molar-refractivity contribution in [1.29, 1.82) is 0 Å². The van der Waals surface area contributed by atoms with Crippen LogP contribution in [0.2, 0.25) is 0 Å². The van der Waals surface area contributed by atoms with E-state index >= 15 is 0 Å². The minimum atomic E-state index is -0.235. The Kier molecular flexibility index (Phi) is 3.50. The Morgan fingerprint density at radius 3 is 3.00 bits per heavy atom. The van der Waals surface area contributed by atoms with Gasteiger partial charge in [-0.25, -0.2) is 0 Å². The number of carbonyl (C=O) groups excluding carboxylic acids is 2. The van der Waals surface area contributed by atoms with E-state index in [4.69, 9.17) is 0 Å². The summed E-state index contributed by atoms with van der Waals surface area (Å²) in [7, 11) is 0.